The molecule has 1 heterocycles. The van der Waals surface area contributed by atoms with Crippen molar-refractivity contribution in [1.29, 1.82) is 0 Å². The highest BCUT2D eigenvalue weighted by atomic mass is 16.2. The minimum absolute atomic E-state index is 0.0266. The van der Waals surface area contributed by atoms with Crippen LogP contribution in [0.1, 0.15) is 56.9 Å². The summed E-state index contributed by atoms with van der Waals surface area (Å²) in [7, 11) is 0. The number of rotatable bonds is 9. The van der Waals surface area contributed by atoms with Crippen LogP contribution in [0.15, 0.2) is 12.4 Å². The van der Waals surface area contributed by atoms with E-state index in [0.29, 0.717) is 5.69 Å². The molecule has 0 unspecified atom stereocenters. The van der Waals surface area contributed by atoms with Crippen molar-refractivity contribution in [3.05, 3.63) is 18.1 Å². The van der Waals surface area contributed by atoms with Crippen LogP contribution in [0.25, 0.3) is 0 Å². The Labute approximate surface area is 121 Å². The number of carbonyl (C=O) groups is 1. The first kappa shape index (κ1) is 16.4. The van der Waals surface area contributed by atoms with E-state index in [1.54, 1.807) is 12.4 Å². The van der Waals surface area contributed by atoms with Gasteiger partial charge in [-0.25, -0.2) is 9.97 Å². The third kappa shape index (κ3) is 5.15. The Bertz CT molecular complexity index is 385. The zero-order valence-corrected chi connectivity index (χ0v) is 12.9. The third-order valence-electron chi connectivity index (χ3n) is 2.98. The Balaban J connectivity index is 2.63. The smallest absolute Gasteiger partial charge is 0.274 e. The maximum absolute atomic E-state index is 12.3. The van der Waals surface area contributed by atoms with Gasteiger partial charge in [0.25, 0.3) is 5.91 Å². The van der Waals surface area contributed by atoms with Gasteiger partial charge in [0, 0.05) is 19.6 Å². The van der Waals surface area contributed by atoms with Crippen LogP contribution >= 0.6 is 0 Å². The average Bonchev–Trinajstić information content (AvgIpc) is 2.47. The fourth-order valence-electron chi connectivity index (χ4n) is 1.94. The minimum Gasteiger partial charge on any atom is -0.369 e. The molecule has 0 aliphatic carbocycles. The number of hydrogen-bond acceptors (Lipinski definition) is 4. The van der Waals surface area contributed by atoms with E-state index in [9.17, 15) is 4.79 Å². The van der Waals surface area contributed by atoms with E-state index < -0.39 is 0 Å². The van der Waals surface area contributed by atoms with Gasteiger partial charge < -0.3 is 10.2 Å². The van der Waals surface area contributed by atoms with Crippen molar-refractivity contribution >= 4 is 11.7 Å². The predicted molar refractivity (Wildman–Crippen MR) is 81.9 cm³/mol. The minimum atomic E-state index is -0.0266. The van der Waals surface area contributed by atoms with Gasteiger partial charge in [-0.2, -0.15) is 0 Å². The fourth-order valence-corrected chi connectivity index (χ4v) is 1.94. The molecular weight excluding hydrogens is 252 g/mol. The van der Waals surface area contributed by atoms with Crippen LogP contribution in [0.5, 0.6) is 0 Å². The Morgan fingerprint density at radius 2 is 1.80 bits per heavy atom. The lowest BCUT2D eigenvalue weighted by atomic mass is 10.3. The Kier molecular flexibility index (Phi) is 7.62. The number of nitrogens with one attached hydrogen (secondary N) is 1. The standard InChI is InChI=1S/C15H26N4O/c1-4-7-8-16-14-12-17-13(11-18-14)15(20)19(9-5-2)10-6-3/h11-12H,4-10H2,1-3H3,(H,16,18). The SMILES string of the molecule is CCCCNc1cnc(C(=O)N(CCC)CCC)cn1. The molecule has 0 saturated heterocycles. The summed E-state index contributed by atoms with van der Waals surface area (Å²) in [4.78, 5) is 22.6. The van der Waals surface area contributed by atoms with Gasteiger partial charge in [-0.05, 0) is 19.3 Å². The van der Waals surface area contributed by atoms with E-state index in [4.69, 9.17) is 0 Å². The molecule has 1 amide bonds. The van der Waals surface area contributed by atoms with Crippen molar-refractivity contribution in [2.45, 2.75) is 46.5 Å². The molecule has 0 bridgehead atoms. The molecule has 0 atom stereocenters. The summed E-state index contributed by atoms with van der Waals surface area (Å²) in [5.74, 6) is 0.703. The second-order valence-electron chi connectivity index (χ2n) is 4.86. The molecule has 112 valence electrons. The maximum Gasteiger partial charge on any atom is 0.274 e. The normalized spacial score (nSPS) is 10.3. The molecule has 0 saturated carbocycles. The summed E-state index contributed by atoms with van der Waals surface area (Å²) in [5.41, 5.74) is 0.424. The highest BCUT2D eigenvalue weighted by molar-refractivity contribution is 5.92. The summed E-state index contributed by atoms with van der Waals surface area (Å²) in [6.07, 6.45) is 7.35. The molecule has 0 spiro atoms. The van der Waals surface area contributed by atoms with Crippen molar-refractivity contribution in [3.63, 3.8) is 0 Å². The molecule has 0 fully saturated rings. The number of amides is 1. The molecule has 0 aromatic carbocycles. The molecule has 0 aliphatic heterocycles. The molecule has 1 rings (SSSR count). The van der Waals surface area contributed by atoms with Crippen LogP contribution < -0.4 is 5.32 Å². The van der Waals surface area contributed by atoms with Gasteiger partial charge in [0.15, 0.2) is 0 Å². The highest BCUT2D eigenvalue weighted by Gasteiger charge is 2.15. The van der Waals surface area contributed by atoms with Crippen molar-refractivity contribution in [1.82, 2.24) is 14.9 Å². The topological polar surface area (TPSA) is 58.1 Å². The first-order chi connectivity index (χ1) is 9.72. The van der Waals surface area contributed by atoms with E-state index in [2.05, 4.69) is 36.1 Å². The molecule has 0 aliphatic rings. The van der Waals surface area contributed by atoms with Crippen LogP contribution in [0.4, 0.5) is 5.82 Å². The van der Waals surface area contributed by atoms with E-state index in [1.165, 1.54) is 0 Å². The van der Waals surface area contributed by atoms with Crippen LogP contribution in [-0.2, 0) is 0 Å². The predicted octanol–water partition coefficient (Wildman–Crippen LogP) is 2.95. The molecule has 1 aromatic heterocycles. The lowest BCUT2D eigenvalue weighted by Crippen LogP contribution is -2.33. The largest absolute Gasteiger partial charge is 0.369 e. The van der Waals surface area contributed by atoms with Crippen molar-refractivity contribution in [2.75, 3.05) is 25.0 Å². The van der Waals surface area contributed by atoms with Crippen molar-refractivity contribution < 1.29 is 4.79 Å². The lowest BCUT2D eigenvalue weighted by Gasteiger charge is -2.20. The zero-order valence-electron chi connectivity index (χ0n) is 12.9. The first-order valence-electron chi connectivity index (χ1n) is 7.58. The molecule has 1 aromatic rings. The number of anilines is 1. The fraction of sp³-hybridized carbons (Fsp3) is 0.667. The number of unbranched alkanes of at least 4 members (excludes halogenated alkanes) is 1. The third-order valence-corrected chi connectivity index (χ3v) is 2.98. The summed E-state index contributed by atoms with van der Waals surface area (Å²) in [6, 6.07) is 0. The highest BCUT2D eigenvalue weighted by Crippen LogP contribution is 2.06. The van der Waals surface area contributed by atoms with Gasteiger partial charge in [-0.3, -0.25) is 4.79 Å². The van der Waals surface area contributed by atoms with Crippen LogP contribution in [-0.4, -0.2) is 40.4 Å². The number of carbonyl (C=O) groups excluding carboxylic acids is 1. The van der Waals surface area contributed by atoms with Gasteiger partial charge >= 0.3 is 0 Å². The van der Waals surface area contributed by atoms with Crippen LogP contribution in [0.2, 0.25) is 0 Å². The Morgan fingerprint density at radius 1 is 1.10 bits per heavy atom. The zero-order chi connectivity index (χ0) is 14.8. The van der Waals surface area contributed by atoms with Gasteiger partial charge in [0.05, 0.1) is 12.4 Å². The summed E-state index contributed by atoms with van der Waals surface area (Å²) < 4.78 is 0. The first-order valence-corrected chi connectivity index (χ1v) is 7.58. The monoisotopic (exact) mass is 278 g/mol. The van der Waals surface area contributed by atoms with E-state index >= 15 is 0 Å². The number of nitrogens with zero attached hydrogens (tertiary/aromatic N) is 3. The lowest BCUT2D eigenvalue weighted by molar-refractivity contribution is 0.0749. The summed E-state index contributed by atoms with van der Waals surface area (Å²) in [5, 5.41) is 3.19. The summed E-state index contributed by atoms with van der Waals surface area (Å²) in [6.45, 7) is 8.71. The molecule has 5 nitrogen and oxygen atoms in total. The van der Waals surface area contributed by atoms with Gasteiger partial charge in [0.1, 0.15) is 11.5 Å². The van der Waals surface area contributed by atoms with Crippen LogP contribution in [0.3, 0.4) is 0 Å². The van der Waals surface area contributed by atoms with Crippen LogP contribution in [0, 0.1) is 0 Å². The van der Waals surface area contributed by atoms with Crippen molar-refractivity contribution in [3.8, 4) is 0 Å². The van der Waals surface area contributed by atoms with Gasteiger partial charge in [0.2, 0.25) is 0 Å². The van der Waals surface area contributed by atoms with Gasteiger partial charge in [-0.15, -0.1) is 0 Å². The Morgan fingerprint density at radius 3 is 2.30 bits per heavy atom. The molecule has 0 radical (unpaired) electrons. The van der Waals surface area contributed by atoms with E-state index in [-0.39, 0.29) is 5.91 Å². The molecule has 1 N–H and O–H groups in total. The molecule has 5 heteroatoms. The molecule has 20 heavy (non-hydrogen) atoms. The van der Waals surface area contributed by atoms with E-state index in [1.807, 2.05) is 4.90 Å². The van der Waals surface area contributed by atoms with Gasteiger partial charge in [-0.1, -0.05) is 27.2 Å². The maximum atomic E-state index is 12.3. The second kappa shape index (κ2) is 9.28. The van der Waals surface area contributed by atoms with E-state index in [0.717, 1.165) is 51.1 Å². The number of hydrogen-bond donors (Lipinski definition) is 1. The van der Waals surface area contributed by atoms with Crippen molar-refractivity contribution in [2.24, 2.45) is 0 Å². The Hall–Kier alpha value is -1.65. The average molecular weight is 278 g/mol. The number of aromatic nitrogens is 2. The quantitative estimate of drug-likeness (QED) is 0.706. The summed E-state index contributed by atoms with van der Waals surface area (Å²) >= 11 is 0. The molecular formula is C15H26N4O. The second-order valence-corrected chi connectivity index (χ2v) is 4.86.